The minimum Gasteiger partial charge on any atom is -0.478 e. The molecule has 9 heteroatoms. The van der Waals surface area contributed by atoms with Gasteiger partial charge in [-0.1, -0.05) is 12.7 Å². The first kappa shape index (κ1) is 20.6. The van der Waals surface area contributed by atoms with Gasteiger partial charge in [-0.05, 0) is 20.8 Å². The van der Waals surface area contributed by atoms with E-state index in [2.05, 4.69) is 13.2 Å². The Balaban J connectivity index is 5.97. The highest BCUT2D eigenvalue weighted by Crippen LogP contribution is 2.34. The number of hydrogen-bond donors (Lipinski definition) is 1. The second-order valence-electron chi connectivity index (χ2n) is 5.65. The van der Waals surface area contributed by atoms with Crippen molar-refractivity contribution in [2.75, 3.05) is 6.54 Å². The maximum absolute atomic E-state index is 13.3. The SMILES string of the molecule is C=CCN([C@@H](CC(=C)C(=O)O)C(F)(F)F)S(=O)(=O)C(C)(C)C. The molecule has 128 valence electrons. The zero-order valence-corrected chi connectivity index (χ0v) is 13.5. The largest absolute Gasteiger partial charge is 0.478 e. The monoisotopic (exact) mass is 343 g/mol. The maximum Gasteiger partial charge on any atom is 0.405 e. The molecule has 0 unspecified atom stereocenters. The zero-order chi connectivity index (χ0) is 17.9. The van der Waals surface area contributed by atoms with E-state index in [9.17, 15) is 26.4 Å². The Morgan fingerprint density at radius 3 is 2.05 bits per heavy atom. The van der Waals surface area contributed by atoms with Crippen molar-refractivity contribution in [3.05, 3.63) is 24.8 Å². The summed E-state index contributed by atoms with van der Waals surface area (Å²) in [5, 5.41) is 8.72. The predicted molar refractivity (Wildman–Crippen MR) is 76.8 cm³/mol. The number of carboxylic acids is 1. The summed E-state index contributed by atoms with van der Waals surface area (Å²) in [6, 6.07) is -2.52. The summed E-state index contributed by atoms with van der Waals surface area (Å²) in [7, 11) is -4.35. The lowest BCUT2D eigenvalue weighted by Gasteiger charge is -2.36. The number of sulfonamides is 1. The molecule has 0 amide bonds. The Kier molecular flexibility index (Phi) is 6.40. The van der Waals surface area contributed by atoms with E-state index >= 15 is 0 Å². The van der Waals surface area contributed by atoms with Gasteiger partial charge in [0.25, 0.3) is 0 Å². The van der Waals surface area contributed by atoms with Crippen LogP contribution < -0.4 is 0 Å². The molecular weight excluding hydrogens is 323 g/mol. The Bertz CT molecular complexity index is 547. The number of carbonyl (C=O) groups is 1. The van der Waals surface area contributed by atoms with Crippen molar-refractivity contribution in [2.45, 2.75) is 44.2 Å². The number of hydrogen-bond acceptors (Lipinski definition) is 3. The van der Waals surface area contributed by atoms with Crippen molar-refractivity contribution in [2.24, 2.45) is 0 Å². The smallest absolute Gasteiger partial charge is 0.405 e. The number of halogens is 3. The molecule has 0 rings (SSSR count). The van der Waals surface area contributed by atoms with Gasteiger partial charge in [0.05, 0.1) is 4.75 Å². The van der Waals surface area contributed by atoms with E-state index in [-0.39, 0.29) is 4.31 Å². The van der Waals surface area contributed by atoms with Crippen LogP contribution in [0.5, 0.6) is 0 Å². The summed E-state index contributed by atoms with van der Waals surface area (Å²) < 4.78 is 63.3. The van der Waals surface area contributed by atoms with Gasteiger partial charge in [0.15, 0.2) is 0 Å². The van der Waals surface area contributed by atoms with Crippen LogP contribution in [0.25, 0.3) is 0 Å². The third-order valence-corrected chi connectivity index (χ3v) is 5.43. The van der Waals surface area contributed by atoms with E-state index in [1.807, 2.05) is 0 Å². The molecule has 0 spiro atoms. The average Bonchev–Trinajstić information content (AvgIpc) is 2.30. The number of aliphatic carboxylic acids is 1. The second kappa shape index (κ2) is 6.82. The highest BCUT2D eigenvalue weighted by Gasteiger charge is 2.50. The molecule has 0 aromatic rings. The maximum atomic E-state index is 13.3. The molecule has 22 heavy (non-hydrogen) atoms. The first-order chi connectivity index (χ1) is 9.66. The van der Waals surface area contributed by atoms with Crippen molar-refractivity contribution in [1.82, 2.24) is 4.31 Å². The summed E-state index contributed by atoms with van der Waals surface area (Å²) in [6.45, 7) is 9.51. The molecule has 0 fully saturated rings. The van der Waals surface area contributed by atoms with Crippen molar-refractivity contribution in [3.8, 4) is 0 Å². The molecule has 0 saturated heterocycles. The van der Waals surface area contributed by atoms with Crippen molar-refractivity contribution in [3.63, 3.8) is 0 Å². The van der Waals surface area contributed by atoms with Gasteiger partial charge >= 0.3 is 12.1 Å². The van der Waals surface area contributed by atoms with Crippen LogP contribution in [0.4, 0.5) is 13.2 Å². The lowest BCUT2D eigenvalue weighted by atomic mass is 10.1. The van der Waals surface area contributed by atoms with E-state index < -0.39 is 51.5 Å². The molecule has 0 aliphatic rings. The van der Waals surface area contributed by atoms with Crippen LogP contribution in [-0.2, 0) is 14.8 Å². The van der Waals surface area contributed by atoms with Crippen LogP contribution in [0.3, 0.4) is 0 Å². The van der Waals surface area contributed by atoms with Crippen LogP contribution in [0.2, 0.25) is 0 Å². The average molecular weight is 343 g/mol. The van der Waals surface area contributed by atoms with Gasteiger partial charge in [-0.25, -0.2) is 13.2 Å². The summed E-state index contributed by atoms with van der Waals surface area (Å²) in [5.74, 6) is -1.61. The fourth-order valence-corrected chi connectivity index (χ4v) is 3.11. The molecule has 5 nitrogen and oxygen atoms in total. The quantitative estimate of drug-likeness (QED) is 0.569. The molecule has 0 aliphatic carbocycles. The van der Waals surface area contributed by atoms with Gasteiger partial charge in [0, 0.05) is 18.5 Å². The van der Waals surface area contributed by atoms with Gasteiger partial charge in [-0.3, -0.25) is 0 Å². The Morgan fingerprint density at radius 1 is 1.32 bits per heavy atom. The van der Waals surface area contributed by atoms with E-state index in [0.29, 0.717) is 0 Å². The third-order valence-electron chi connectivity index (χ3n) is 2.86. The lowest BCUT2D eigenvalue weighted by Crippen LogP contribution is -2.53. The standard InChI is InChI=1S/C13H20F3NO4S/c1-6-7-17(22(20,21)12(3,4)5)10(13(14,15)16)8-9(2)11(18)19/h6,10H,1-2,7-8H2,3-5H3,(H,18,19)/t10-/m0/s1. The minimum absolute atomic E-state index is 0.230. The summed E-state index contributed by atoms with van der Waals surface area (Å²) in [5.41, 5.74) is -0.722. The molecule has 0 bridgehead atoms. The first-order valence-electron chi connectivity index (χ1n) is 6.26. The molecule has 0 aliphatic heterocycles. The van der Waals surface area contributed by atoms with Gasteiger partial charge in [-0.15, -0.1) is 6.58 Å². The fourth-order valence-electron chi connectivity index (χ4n) is 1.57. The lowest BCUT2D eigenvalue weighted by molar-refractivity contribution is -0.170. The first-order valence-corrected chi connectivity index (χ1v) is 7.70. The minimum atomic E-state index is -4.94. The molecule has 1 atom stereocenters. The van der Waals surface area contributed by atoms with Gasteiger partial charge in [0.2, 0.25) is 10.0 Å². The summed E-state index contributed by atoms with van der Waals surface area (Å²) in [6.07, 6.45) is -4.98. The van der Waals surface area contributed by atoms with Crippen molar-refractivity contribution < 1.29 is 31.5 Å². The molecule has 0 radical (unpaired) electrons. The van der Waals surface area contributed by atoms with E-state index in [0.717, 1.165) is 6.08 Å². The third kappa shape index (κ3) is 4.84. The van der Waals surface area contributed by atoms with Gasteiger partial charge in [-0.2, -0.15) is 17.5 Å². The van der Waals surface area contributed by atoms with Crippen LogP contribution in [0.1, 0.15) is 27.2 Å². The molecule has 1 N–H and O–H groups in total. The highest BCUT2D eigenvalue weighted by molar-refractivity contribution is 7.90. The van der Waals surface area contributed by atoms with E-state index in [1.54, 1.807) is 0 Å². The molecule has 0 aromatic carbocycles. The van der Waals surface area contributed by atoms with Gasteiger partial charge < -0.3 is 5.11 Å². The van der Waals surface area contributed by atoms with Crippen LogP contribution in [0.15, 0.2) is 24.8 Å². The van der Waals surface area contributed by atoms with E-state index in [4.69, 9.17) is 5.11 Å². The zero-order valence-electron chi connectivity index (χ0n) is 12.6. The number of alkyl halides is 3. The highest BCUT2D eigenvalue weighted by atomic mass is 32.2. The fraction of sp³-hybridized carbons (Fsp3) is 0.615. The van der Waals surface area contributed by atoms with Crippen molar-refractivity contribution in [1.29, 1.82) is 0 Å². The number of nitrogens with zero attached hydrogens (tertiary/aromatic N) is 1. The number of carboxylic acid groups (broad SMARTS) is 1. The van der Waals surface area contributed by atoms with Crippen LogP contribution >= 0.6 is 0 Å². The Hall–Kier alpha value is -1.35. The molecule has 0 aromatic heterocycles. The summed E-state index contributed by atoms with van der Waals surface area (Å²) in [4.78, 5) is 10.7. The van der Waals surface area contributed by atoms with Crippen LogP contribution in [0, 0.1) is 0 Å². The normalized spacial score (nSPS) is 14.7. The number of rotatable bonds is 7. The van der Waals surface area contributed by atoms with Crippen LogP contribution in [-0.4, -0.2) is 47.3 Å². The van der Waals surface area contributed by atoms with Crippen molar-refractivity contribution >= 4 is 16.0 Å². The molecule has 0 heterocycles. The Morgan fingerprint density at radius 2 is 1.77 bits per heavy atom. The second-order valence-corrected chi connectivity index (χ2v) is 8.29. The molecular formula is C13H20F3NO4S. The Labute approximate surface area is 128 Å². The summed E-state index contributed by atoms with van der Waals surface area (Å²) >= 11 is 0. The molecule has 0 saturated carbocycles. The predicted octanol–water partition coefficient (Wildman–Crippen LogP) is 2.56. The van der Waals surface area contributed by atoms with E-state index in [1.165, 1.54) is 20.8 Å². The topological polar surface area (TPSA) is 74.7 Å². The van der Waals surface area contributed by atoms with Gasteiger partial charge in [0.1, 0.15) is 6.04 Å².